The maximum absolute atomic E-state index is 12.8. The molecule has 0 saturated carbocycles. The van der Waals surface area contributed by atoms with E-state index in [-0.39, 0.29) is 17.8 Å². The minimum Gasteiger partial charge on any atom is -0.335 e. The fourth-order valence-corrected chi connectivity index (χ4v) is 3.69. The van der Waals surface area contributed by atoms with E-state index in [1.807, 2.05) is 61.5 Å². The van der Waals surface area contributed by atoms with Gasteiger partial charge in [-0.05, 0) is 48.9 Å². The minimum absolute atomic E-state index is 0.0244. The van der Waals surface area contributed by atoms with E-state index in [0.717, 1.165) is 5.56 Å². The van der Waals surface area contributed by atoms with Crippen molar-refractivity contribution in [3.63, 3.8) is 0 Å². The van der Waals surface area contributed by atoms with Crippen molar-refractivity contribution in [2.75, 3.05) is 36.8 Å². The van der Waals surface area contributed by atoms with Crippen LogP contribution in [0.25, 0.3) is 0 Å². The highest BCUT2D eigenvalue weighted by Gasteiger charge is 2.25. The molecule has 168 valence electrons. The number of rotatable bonds is 4. The quantitative estimate of drug-likeness (QED) is 0.634. The second-order valence-electron chi connectivity index (χ2n) is 7.93. The summed E-state index contributed by atoms with van der Waals surface area (Å²) < 4.78 is 0. The molecule has 3 aromatic carbocycles. The number of anilines is 2. The van der Waals surface area contributed by atoms with Crippen LogP contribution in [0.3, 0.4) is 0 Å². The molecule has 7 heteroatoms. The third kappa shape index (κ3) is 5.38. The summed E-state index contributed by atoms with van der Waals surface area (Å²) in [5.74, 6) is -0.270. The van der Waals surface area contributed by atoms with Gasteiger partial charge in [-0.3, -0.25) is 9.59 Å². The SMILES string of the molecule is Cc1ccc(C(=O)Nc2ccccc2)cc1NC(=O)N1CCN(C(=O)c2ccccc2)CC1. The summed E-state index contributed by atoms with van der Waals surface area (Å²) in [6, 6.07) is 23.3. The minimum atomic E-state index is -0.246. The lowest BCUT2D eigenvalue weighted by atomic mass is 10.1. The van der Waals surface area contributed by atoms with Crippen LogP contribution < -0.4 is 10.6 Å². The van der Waals surface area contributed by atoms with Gasteiger partial charge >= 0.3 is 6.03 Å². The zero-order valence-electron chi connectivity index (χ0n) is 18.5. The molecule has 1 saturated heterocycles. The summed E-state index contributed by atoms with van der Waals surface area (Å²) in [5, 5.41) is 5.77. The van der Waals surface area contributed by atoms with E-state index in [2.05, 4.69) is 10.6 Å². The van der Waals surface area contributed by atoms with Crippen LogP contribution in [0.1, 0.15) is 26.3 Å². The van der Waals surface area contributed by atoms with Crippen molar-refractivity contribution in [2.45, 2.75) is 6.92 Å². The van der Waals surface area contributed by atoms with E-state index in [9.17, 15) is 14.4 Å². The van der Waals surface area contributed by atoms with Crippen LogP contribution in [-0.2, 0) is 0 Å². The van der Waals surface area contributed by atoms with Gasteiger partial charge in [-0.1, -0.05) is 42.5 Å². The molecule has 0 aromatic heterocycles. The topological polar surface area (TPSA) is 81.8 Å². The Morgan fingerprint density at radius 1 is 0.697 bits per heavy atom. The van der Waals surface area contributed by atoms with E-state index in [4.69, 9.17) is 0 Å². The number of carbonyl (C=O) groups is 3. The monoisotopic (exact) mass is 442 g/mol. The van der Waals surface area contributed by atoms with Crippen LogP contribution in [0, 0.1) is 6.92 Å². The molecule has 4 amide bonds. The van der Waals surface area contributed by atoms with Crippen LogP contribution in [0.4, 0.5) is 16.2 Å². The average Bonchev–Trinajstić information content (AvgIpc) is 2.86. The van der Waals surface area contributed by atoms with Gasteiger partial charge in [-0.15, -0.1) is 0 Å². The molecule has 1 fully saturated rings. The number of nitrogens with one attached hydrogen (secondary N) is 2. The van der Waals surface area contributed by atoms with Crippen molar-refractivity contribution in [3.05, 3.63) is 95.6 Å². The Kier molecular flexibility index (Phi) is 6.69. The largest absolute Gasteiger partial charge is 0.335 e. The maximum Gasteiger partial charge on any atom is 0.321 e. The van der Waals surface area contributed by atoms with E-state index in [0.29, 0.717) is 48.7 Å². The molecule has 0 aliphatic carbocycles. The zero-order valence-corrected chi connectivity index (χ0v) is 18.5. The fourth-order valence-electron chi connectivity index (χ4n) is 3.69. The Labute approximate surface area is 193 Å². The van der Waals surface area contributed by atoms with Crippen molar-refractivity contribution < 1.29 is 14.4 Å². The number of hydrogen-bond acceptors (Lipinski definition) is 3. The molecule has 0 unspecified atom stereocenters. The van der Waals surface area contributed by atoms with Gasteiger partial charge in [0.2, 0.25) is 0 Å². The highest BCUT2D eigenvalue weighted by molar-refractivity contribution is 6.05. The van der Waals surface area contributed by atoms with Crippen molar-refractivity contribution in [1.29, 1.82) is 0 Å². The molecule has 3 aromatic rings. The second-order valence-corrected chi connectivity index (χ2v) is 7.93. The molecule has 0 bridgehead atoms. The number of benzene rings is 3. The summed E-state index contributed by atoms with van der Waals surface area (Å²) in [4.78, 5) is 41.5. The molecule has 4 rings (SSSR count). The van der Waals surface area contributed by atoms with Gasteiger partial charge in [0.15, 0.2) is 0 Å². The normalized spacial score (nSPS) is 13.4. The summed E-state index contributed by atoms with van der Waals surface area (Å²) in [5.41, 5.74) is 3.26. The van der Waals surface area contributed by atoms with Crippen LogP contribution >= 0.6 is 0 Å². The second kappa shape index (κ2) is 9.99. The third-order valence-corrected chi connectivity index (χ3v) is 5.65. The van der Waals surface area contributed by atoms with Crippen molar-refractivity contribution in [1.82, 2.24) is 9.80 Å². The molecule has 7 nitrogen and oxygen atoms in total. The first kappa shape index (κ1) is 22.1. The lowest BCUT2D eigenvalue weighted by Gasteiger charge is -2.34. The Balaban J connectivity index is 1.36. The molecular weight excluding hydrogens is 416 g/mol. The maximum atomic E-state index is 12.8. The van der Waals surface area contributed by atoms with E-state index < -0.39 is 0 Å². The highest BCUT2D eigenvalue weighted by atomic mass is 16.2. The highest BCUT2D eigenvalue weighted by Crippen LogP contribution is 2.19. The van der Waals surface area contributed by atoms with Gasteiger partial charge in [-0.25, -0.2) is 4.79 Å². The molecule has 2 N–H and O–H groups in total. The molecular formula is C26H26N4O3. The number of aryl methyl sites for hydroxylation is 1. The number of amides is 4. The lowest BCUT2D eigenvalue weighted by Crippen LogP contribution is -2.51. The van der Waals surface area contributed by atoms with Crippen molar-refractivity contribution in [3.8, 4) is 0 Å². The van der Waals surface area contributed by atoms with E-state index in [1.165, 1.54) is 0 Å². The summed E-state index contributed by atoms with van der Waals surface area (Å²) in [6.07, 6.45) is 0. The number of urea groups is 1. The van der Waals surface area contributed by atoms with Crippen molar-refractivity contribution >= 4 is 29.2 Å². The predicted molar refractivity (Wildman–Crippen MR) is 129 cm³/mol. The smallest absolute Gasteiger partial charge is 0.321 e. The predicted octanol–water partition coefficient (Wildman–Crippen LogP) is 4.24. The Hall–Kier alpha value is -4.13. The number of piperazine rings is 1. The number of para-hydroxylation sites is 1. The van der Waals surface area contributed by atoms with Gasteiger partial charge < -0.3 is 20.4 Å². The van der Waals surface area contributed by atoms with Crippen LogP contribution in [0.5, 0.6) is 0 Å². The summed E-state index contributed by atoms with van der Waals surface area (Å²) >= 11 is 0. The molecule has 0 spiro atoms. The molecule has 0 radical (unpaired) electrons. The molecule has 1 aliphatic rings. The van der Waals surface area contributed by atoms with Crippen LogP contribution in [0.15, 0.2) is 78.9 Å². The van der Waals surface area contributed by atoms with Gasteiger partial charge in [-0.2, -0.15) is 0 Å². The lowest BCUT2D eigenvalue weighted by molar-refractivity contribution is 0.0671. The number of carbonyl (C=O) groups excluding carboxylic acids is 3. The molecule has 33 heavy (non-hydrogen) atoms. The Morgan fingerprint density at radius 2 is 1.30 bits per heavy atom. The van der Waals surface area contributed by atoms with Crippen LogP contribution in [-0.4, -0.2) is 53.8 Å². The zero-order chi connectivity index (χ0) is 23.2. The molecule has 0 atom stereocenters. The Morgan fingerprint density at radius 3 is 1.97 bits per heavy atom. The fraction of sp³-hybridized carbons (Fsp3) is 0.192. The first-order valence-electron chi connectivity index (χ1n) is 10.9. The van der Waals surface area contributed by atoms with E-state index in [1.54, 1.807) is 34.1 Å². The van der Waals surface area contributed by atoms with Crippen LogP contribution in [0.2, 0.25) is 0 Å². The standard InChI is InChI=1S/C26H26N4O3/c1-19-12-13-21(24(31)27-22-10-6-3-7-11-22)18-23(19)28-26(33)30-16-14-29(15-17-30)25(32)20-8-4-2-5-9-20/h2-13,18H,14-17H2,1H3,(H,27,31)(H,28,33). The number of nitrogens with zero attached hydrogens (tertiary/aromatic N) is 2. The summed E-state index contributed by atoms with van der Waals surface area (Å²) in [7, 11) is 0. The molecule has 1 aliphatic heterocycles. The van der Waals surface area contributed by atoms with Crippen molar-refractivity contribution in [2.24, 2.45) is 0 Å². The van der Waals surface area contributed by atoms with Gasteiger partial charge in [0, 0.05) is 48.7 Å². The Bertz CT molecular complexity index is 1140. The first-order chi connectivity index (χ1) is 16.0. The van der Waals surface area contributed by atoms with Gasteiger partial charge in [0.25, 0.3) is 11.8 Å². The third-order valence-electron chi connectivity index (χ3n) is 5.65. The van der Waals surface area contributed by atoms with Gasteiger partial charge in [0.1, 0.15) is 0 Å². The average molecular weight is 443 g/mol. The summed E-state index contributed by atoms with van der Waals surface area (Å²) in [6.45, 7) is 3.71. The number of hydrogen-bond donors (Lipinski definition) is 2. The molecule has 1 heterocycles. The van der Waals surface area contributed by atoms with Gasteiger partial charge in [0.05, 0.1) is 0 Å². The van der Waals surface area contributed by atoms with E-state index >= 15 is 0 Å². The first-order valence-corrected chi connectivity index (χ1v) is 10.9.